The van der Waals surface area contributed by atoms with Crippen molar-refractivity contribution in [3.05, 3.63) is 71.3 Å². The molecule has 0 aliphatic carbocycles. The van der Waals surface area contributed by atoms with Crippen LogP contribution in [-0.2, 0) is 4.79 Å². The predicted octanol–water partition coefficient (Wildman–Crippen LogP) is 3.68. The zero-order chi connectivity index (χ0) is 20.8. The molecule has 1 aliphatic rings. The maximum atomic E-state index is 12.9. The molecule has 1 N–H and O–H groups in total. The molecule has 0 radical (unpaired) electrons. The highest BCUT2D eigenvalue weighted by molar-refractivity contribution is 6.15. The lowest BCUT2D eigenvalue weighted by molar-refractivity contribution is -0.133. The van der Waals surface area contributed by atoms with Gasteiger partial charge in [0.05, 0.1) is 5.56 Å². The Morgan fingerprint density at radius 3 is 2.14 bits per heavy atom. The number of rotatable bonds is 6. The van der Waals surface area contributed by atoms with E-state index in [9.17, 15) is 14.4 Å². The van der Waals surface area contributed by atoms with Crippen LogP contribution >= 0.6 is 0 Å². The fourth-order valence-electron chi connectivity index (χ4n) is 3.64. The maximum absolute atomic E-state index is 12.9. The SMILES string of the molecule is CC(C)CC(=O)N1CCC(NC(=O)c2ccccc2C(=O)c2ccccc2)CC1. The van der Waals surface area contributed by atoms with Crippen LogP contribution in [0.5, 0.6) is 0 Å². The van der Waals surface area contributed by atoms with Crippen LogP contribution in [0.1, 0.15) is 59.4 Å². The van der Waals surface area contributed by atoms with Gasteiger partial charge in [0.2, 0.25) is 5.91 Å². The minimum absolute atomic E-state index is 0.00508. The average Bonchev–Trinajstić information content (AvgIpc) is 2.74. The van der Waals surface area contributed by atoms with Crippen LogP contribution in [0, 0.1) is 5.92 Å². The van der Waals surface area contributed by atoms with Crippen LogP contribution in [0.15, 0.2) is 54.6 Å². The second kappa shape index (κ2) is 9.50. The first-order valence-electron chi connectivity index (χ1n) is 10.2. The van der Waals surface area contributed by atoms with E-state index < -0.39 is 0 Å². The number of carbonyl (C=O) groups is 3. The first-order chi connectivity index (χ1) is 14.0. The van der Waals surface area contributed by atoms with Crippen molar-refractivity contribution in [1.82, 2.24) is 10.2 Å². The number of ketones is 1. The molecule has 1 saturated heterocycles. The molecule has 5 nitrogen and oxygen atoms in total. The molecule has 5 heteroatoms. The van der Waals surface area contributed by atoms with Crippen molar-refractivity contribution >= 4 is 17.6 Å². The Kier molecular flexibility index (Phi) is 6.81. The highest BCUT2D eigenvalue weighted by Gasteiger charge is 2.25. The Balaban J connectivity index is 1.64. The molecule has 1 aliphatic heterocycles. The summed E-state index contributed by atoms with van der Waals surface area (Å²) in [4.78, 5) is 39.8. The molecule has 0 bridgehead atoms. The van der Waals surface area contributed by atoms with E-state index >= 15 is 0 Å². The molecular formula is C24H28N2O3. The molecule has 0 aromatic heterocycles. The van der Waals surface area contributed by atoms with Crippen LogP contribution < -0.4 is 5.32 Å². The van der Waals surface area contributed by atoms with Gasteiger partial charge in [-0.3, -0.25) is 14.4 Å². The summed E-state index contributed by atoms with van der Waals surface area (Å²) in [6.07, 6.45) is 2.01. The highest BCUT2D eigenvalue weighted by atomic mass is 16.2. The number of amides is 2. The van der Waals surface area contributed by atoms with Gasteiger partial charge in [-0.05, 0) is 24.8 Å². The fraction of sp³-hybridized carbons (Fsp3) is 0.375. The topological polar surface area (TPSA) is 66.5 Å². The zero-order valence-electron chi connectivity index (χ0n) is 17.1. The molecule has 1 fully saturated rings. The Hall–Kier alpha value is -2.95. The van der Waals surface area contributed by atoms with Crippen LogP contribution in [0.4, 0.5) is 0 Å². The number of nitrogens with one attached hydrogen (secondary N) is 1. The van der Waals surface area contributed by atoms with E-state index in [1.807, 2.05) is 36.9 Å². The van der Waals surface area contributed by atoms with Gasteiger partial charge in [-0.2, -0.15) is 0 Å². The number of hydrogen-bond donors (Lipinski definition) is 1. The largest absolute Gasteiger partial charge is 0.349 e. The maximum Gasteiger partial charge on any atom is 0.252 e. The lowest BCUT2D eigenvalue weighted by Gasteiger charge is -2.33. The van der Waals surface area contributed by atoms with Crippen molar-refractivity contribution in [2.75, 3.05) is 13.1 Å². The number of carbonyl (C=O) groups excluding carboxylic acids is 3. The third-order valence-electron chi connectivity index (χ3n) is 5.22. The van der Waals surface area contributed by atoms with Gasteiger partial charge in [-0.1, -0.05) is 62.4 Å². The molecular weight excluding hydrogens is 364 g/mol. The van der Waals surface area contributed by atoms with Gasteiger partial charge in [0.15, 0.2) is 5.78 Å². The van der Waals surface area contributed by atoms with Crippen LogP contribution in [0.2, 0.25) is 0 Å². The molecule has 29 heavy (non-hydrogen) atoms. The third-order valence-corrected chi connectivity index (χ3v) is 5.22. The monoisotopic (exact) mass is 392 g/mol. The molecule has 2 aromatic carbocycles. The Bertz CT molecular complexity index is 869. The van der Waals surface area contributed by atoms with Crippen LogP contribution in [-0.4, -0.2) is 41.6 Å². The van der Waals surface area contributed by atoms with E-state index in [1.165, 1.54) is 0 Å². The zero-order valence-corrected chi connectivity index (χ0v) is 17.1. The molecule has 3 rings (SSSR count). The normalized spacial score (nSPS) is 14.7. The Labute approximate surface area is 172 Å². The van der Waals surface area contributed by atoms with Crippen LogP contribution in [0.3, 0.4) is 0 Å². The van der Waals surface area contributed by atoms with Crippen molar-refractivity contribution < 1.29 is 14.4 Å². The molecule has 0 unspecified atom stereocenters. The summed E-state index contributed by atoms with van der Waals surface area (Å²) in [5.41, 5.74) is 1.35. The molecule has 0 saturated carbocycles. The van der Waals surface area contributed by atoms with Crippen molar-refractivity contribution in [2.24, 2.45) is 5.92 Å². The fourth-order valence-corrected chi connectivity index (χ4v) is 3.64. The summed E-state index contributed by atoms with van der Waals surface area (Å²) in [5, 5.41) is 3.05. The van der Waals surface area contributed by atoms with Crippen molar-refractivity contribution in [1.29, 1.82) is 0 Å². The lowest BCUT2D eigenvalue weighted by Crippen LogP contribution is -2.46. The van der Waals surface area contributed by atoms with Gasteiger partial charge < -0.3 is 10.2 Å². The number of nitrogens with zero attached hydrogens (tertiary/aromatic N) is 1. The molecule has 2 amide bonds. The summed E-state index contributed by atoms with van der Waals surface area (Å²) in [6.45, 7) is 5.39. The molecule has 0 atom stereocenters. The van der Waals surface area contributed by atoms with E-state index in [-0.39, 0.29) is 23.6 Å². The molecule has 152 valence electrons. The average molecular weight is 392 g/mol. The first kappa shape index (κ1) is 20.8. The minimum Gasteiger partial charge on any atom is -0.349 e. The van der Waals surface area contributed by atoms with Gasteiger partial charge >= 0.3 is 0 Å². The first-order valence-corrected chi connectivity index (χ1v) is 10.2. The highest BCUT2D eigenvalue weighted by Crippen LogP contribution is 2.17. The molecule has 1 heterocycles. The van der Waals surface area contributed by atoms with Gasteiger partial charge in [-0.15, -0.1) is 0 Å². The predicted molar refractivity (Wildman–Crippen MR) is 113 cm³/mol. The lowest BCUT2D eigenvalue weighted by atomic mass is 9.97. The summed E-state index contributed by atoms with van der Waals surface area (Å²) in [5.74, 6) is 0.129. The van der Waals surface area contributed by atoms with E-state index in [4.69, 9.17) is 0 Å². The van der Waals surface area contributed by atoms with E-state index in [0.29, 0.717) is 42.1 Å². The summed E-state index contributed by atoms with van der Waals surface area (Å²) >= 11 is 0. The quantitative estimate of drug-likeness (QED) is 0.763. The molecule has 2 aromatic rings. The second-order valence-electron chi connectivity index (χ2n) is 7.97. The number of benzene rings is 2. The Morgan fingerprint density at radius 2 is 1.52 bits per heavy atom. The second-order valence-corrected chi connectivity index (χ2v) is 7.97. The van der Waals surface area contributed by atoms with Gasteiger partial charge in [0.25, 0.3) is 5.91 Å². The summed E-state index contributed by atoms with van der Waals surface area (Å²) < 4.78 is 0. The minimum atomic E-state index is -0.239. The number of likely N-dealkylation sites (tertiary alicyclic amines) is 1. The van der Waals surface area contributed by atoms with Gasteiger partial charge in [-0.25, -0.2) is 0 Å². The Morgan fingerprint density at radius 1 is 0.931 bits per heavy atom. The van der Waals surface area contributed by atoms with E-state index in [1.54, 1.807) is 36.4 Å². The number of piperidine rings is 1. The van der Waals surface area contributed by atoms with Crippen molar-refractivity contribution in [3.8, 4) is 0 Å². The molecule has 0 spiro atoms. The summed E-state index contributed by atoms with van der Waals surface area (Å²) in [7, 11) is 0. The van der Waals surface area contributed by atoms with E-state index in [0.717, 1.165) is 12.8 Å². The number of hydrogen-bond acceptors (Lipinski definition) is 3. The standard InChI is InChI=1S/C24H28N2O3/c1-17(2)16-22(27)26-14-12-19(13-15-26)25-24(29)21-11-7-6-10-20(21)23(28)18-8-4-3-5-9-18/h3-11,17,19H,12-16H2,1-2H3,(H,25,29). The van der Waals surface area contributed by atoms with Crippen molar-refractivity contribution in [3.63, 3.8) is 0 Å². The van der Waals surface area contributed by atoms with Gasteiger partial charge in [0.1, 0.15) is 0 Å². The summed E-state index contributed by atoms with van der Waals surface area (Å²) in [6, 6.07) is 15.9. The van der Waals surface area contributed by atoms with E-state index in [2.05, 4.69) is 5.32 Å². The van der Waals surface area contributed by atoms with Crippen molar-refractivity contribution in [2.45, 2.75) is 39.2 Å². The smallest absolute Gasteiger partial charge is 0.252 e. The van der Waals surface area contributed by atoms with Gasteiger partial charge in [0, 0.05) is 36.7 Å². The third kappa shape index (κ3) is 5.31. The van der Waals surface area contributed by atoms with Crippen LogP contribution in [0.25, 0.3) is 0 Å².